The number of likely N-dealkylation sites (tertiary alicyclic amines) is 1. The molecule has 0 unspecified atom stereocenters. The zero-order chi connectivity index (χ0) is 17.2. The summed E-state index contributed by atoms with van der Waals surface area (Å²) in [5.74, 6) is -1.11. The fraction of sp³-hybridized carbons (Fsp3) is 0.278. The fourth-order valence-electron chi connectivity index (χ4n) is 3.46. The third kappa shape index (κ3) is 2.88. The molecule has 4 rings (SSSR count). The number of nitrogens with one attached hydrogen (secondary N) is 3. The maximum absolute atomic E-state index is 12.8. The first kappa shape index (κ1) is 15.4. The lowest BCUT2D eigenvalue weighted by molar-refractivity contribution is -0.145. The van der Waals surface area contributed by atoms with E-state index in [0.29, 0.717) is 12.2 Å². The Labute approximate surface area is 144 Å². The van der Waals surface area contributed by atoms with E-state index in [0.717, 1.165) is 35.7 Å². The van der Waals surface area contributed by atoms with Crippen LogP contribution < -0.4 is 5.32 Å². The predicted octanol–water partition coefficient (Wildman–Crippen LogP) is 2.58. The summed E-state index contributed by atoms with van der Waals surface area (Å²) >= 11 is 0. The van der Waals surface area contributed by atoms with Gasteiger partial charge >= 0.3 is 11.8 Å². The maximum atomic E-state index is 12.8. The third-order valence-corrected chi connectivity index (χ3v) is 4.71. The third-order valence-electron chi connectivity index (χ3n) is 4.71. The van der Waals surface area contributed by atoms with Gasteiger partial charge in [0.1, 0.15) is 0 Å². The van der Waals surface area contributed by atoms with Gasteiger partial charge in [0, 0.05) is 35.4 Å². The van der Waals surface area contributed by atoms with Crippen molar-refractivity contribution < 1.29 is 9.59 Å². The minimum absolute atomic E-state index is 0.103. The van der Waals surface area contributed by atoms with Crippen molar-refractivity contribution in [3.8, 4) is 0 Å². The lowest BCUT2D eigenvalue weighted by Crippen LogP contribution is -2.44. The summed E-state index contributed by atoms with van der Waals surface area (Å²) in [6.45, 7) is 0.580. The summed E-state index contributed by atoms with van der Waals surface area (Å²) in [5, 5.41) is 10.4. The van der Waals surface area contributed by atoms with Gasteiger partial charge in [-0.25, -0.2) is 0 Å². The molecule has 3 N–H and O–H groups in total. The van der Waals surface area contributed by atoms with Crippen LogP contribution in [-0.2, 0) is 9.59 Å². The second-order valence-electron chi connectivity index (χ2n) is 6.24. The van der Waals surface area contributed by atoms with Crippen molar-refractivity contribution in [2.45, 2.75) is 25.3 Å². The summed E-state index contributed by atoms with van der Waals surface area (Å²) in [6.07, 6.45) is 8.09. The molecule has 0 spiro atoms. The lowest BCUT2D eigenvalue weighted by atomic mass is 9.97. The molecule has 2 aromatic heterocycles. The summed E-state index contributed by atoms with van der Waals surface area (Å²) in [7, 11) is 0. The van der Waals surface area contributed by atoms with Gasteiger partial charge in [0.05, 0.1) is 17.9 Å². The van der Waals surface area contributed by atoms with Crippen LogP contribution in [0.2, 0.25) is 0 Å². The Morgan fingerprint density at radius 3 is 3.00 bits per heavy atom. The first-order valence-corrected chi connectivity index (χ1v) is 8.41. The molecule has 0 bridgehead atoms. The second kappa shape index (κ2) is 6.43. The number of H-pyrrole nitrogens is 2. The fourth-order valence-corrected chi connectivity index (χ4v) is 3.46. The van der Waals surface area contributed by atoms with E-state index in [1.165, 1.54) is 0 Å². The Hall–Kier alpha value is -3.09. The molecule has 7 nitrogen and oxygen atoms in total. The number of piperidine rings is 1. The molecule has 25 heavy (non-hydrogen) atoms. The zero-order valence-electron chi connectivity index (χ0n) is 13.7. The van der Waals surface area contributed by atoms with Crippen LogP contribution in [0.1, 0.15) is 30.9 Å². The minimum atomic E-state index is -0.607. The molecule has 0 aliphatic carbocycles. The number of rotatable bonds is 2. The van der Waals surface area contributed by atoms with Crippen LogP contribution in [0, 0.1) is 0 Å². The summed E-state index contributed by atoms with van der Waals surface area (Å²) in [4.78, 5) is 30.1. The van der Waals surface area contributed by atoms with Gasteiger partial charge < -0.3 is 15.2 Å². The molecule has 128 valence electrons. The van der Waals surface area contributed by atoms with Crippen molar-refractivity contribution in [2.75, 3.05) is 11.9 Å². The number of carbonyl (C=O) groups excluding carboxylic acids is 2. The van der Waals surface area contributed by atoms with E-state index in [2.05, 4.69) is 20.5 Å². The van der Waals surface area contributed by atoms with E-state index in [-0.39, 0.29) is 6.04 Å². The van der Waals surface area contributed by atoms with E-state index < -0.39 is 11.8 Å². The number of amides is 2. The van der Waals surface area contributed by atoms with E-state index >= 15 is 0 Å². The van der Waals surface area contributed by atoms with Crippen molar-refractivity contribution in [1.82, 2.24) is 20.1 Å². The van der Waals surface area contributed by atoms with Crippen LogP contribution >= 0.6 is 0 Å². The van der Waals surface area contributed by atoms with Gasteiger partial charge in [-0.05, 0) is 37.5 Å². The van der Waals surface area contributed by atoms with Crippen molar-refractivity contribution in [2.24, 2.45) is 0 Å². The first-order valence-electron chi connectivity index (χ1n) is 8.41. The maximum Gasteiger partial charge on any atom is 0.313 e. The van der Waals surface area contributed by atoms with E-state index in [9.17, 15) is 9.59 Å². The topological polar surface area (TPSA) is 93.9 Å². The number of aromatic amines is 2. The Balaban J connectivity index is 1.55. The number of aromatic nitrogens is 3. The molecule has 2 amide bonds. The lowest BCUT2D eigenvalue weighted by Gasteiger charge is -2.34. The standard InChI is InChI=1S/C18H19N5O2/c24-17(22-15-5-3-4-14-13(15)7-8-19-14)18(25)23-9-2-1-6-16(23)12-10-20-21-11-12/h3-5,7-8,10-11,16,19H,1-2,6,9H2,(H,20,21)(H,22,24)/t16-/m0/s1. The minimum Gasteiger partial charge on any atom is -0.361 e. The van der Waals surface area contributed by atoms with Gasteiger partial charge in [0.15, 0.2) is 0 Å². The molecule has 7 heteroatoms. The largest absolute Gasteiger partial charge is 0.361 e. The number of nitrogens with zero attached hydrogens (tertiary/aromatic N) is 2. The molecule has 1 atom stereocenters. The monoisotopic (exact) mass is 337 g/mol. The van der Waals surface area contributed by atoms with Gasteiger partial charge in [-0.1, -0.05) is 6.07 Å². The van der Waals surface area contributed by atoms with Crippen molar-refractivity contribution in [3.05, 3.63) is 48.4 Å². The predicted molar refractivity (Wildman–Crippen MR) is 93.8 cm³/mol. The molecular weight excluding hydrogens is 318 g/mol. The molecule has 1 aliphatic rings. The first-order chi connectivity index (χ1) is 12.2. The van der Waals surface area contributed by atoms with Gasteiger partial charge in [-0.3, -0.25) is 14.7 Å². The molecular formula is C18H19N5O2. The van der Waals surface area contributed by atoms with E-state index in [1.54, 1.807) is 23.4 Å². The van der Waals surface area contributed by atoms with Crippen molar-refractivity contribution >= 4 is 28.4 Å². The molecule has 1 aliphatic heterocycles. The van der Waals surface area contributed by atoms with Crippen LogP contribution in [0.25, 0.3) is 10.9 Å². The average molecular weight is 337 g/mol. The van der Waals surface area contributed by atoms with E-state index in [4.69, 9.17) is 0 Å². The Bertz CT molecular complexity index is 899. The zero-order valence-corrected chi connectivity index (χ0v) is 13.7. The van der Waals surface area contributed by atoms with Crippen LogP contribution in [0.5, 0.6) is 0 Å². The number of fused-ring (bicyclic) bond motifs is 1. The molecule has 3 aromatic rings. The molecule has 0 radical (unpaired) electrons. The quantitative estimate of drug-likeness (QED) is 0.627. The Morgan fingerprint density at radius 2 is 2.16 bits per heavy atom. The van der Waals surface area contributed by atoms with Crippen LogP contribution in [0.4, 0.5) is 5.69 Å². The highest BCUT2D eigenvalue weighted by Gasteiger charge is 2.32. The summed E-state index contributed by atoms with van der Waals surface area (Å²) in [5.41, 5.74) is 2.49. The summed E-state index contributed by atoms with van der Waals surface area (Å²) in [6, 6.07) is 7.34. The molecule has 0 saturated carbocycles. The SMILES string of the molecule is O=C(Nc1cccc2[nH]ccc12)C(=O)N1CCCC[C@H]1c1cn[nH]c1. The Kier molecular flexibility index (Phi) is 3.97. The highest BCUT2D eigenvalue weighted by Crippen LogP contribution is 2.30. The van der Waals surface area contributed by atoms with Crippen molar-refractivity contribution in [1.29, 1.82) is 0 Å². The van der Waals surface area contributed by atoms with Gasteiger partial charge in [-0.15, -0.1) is 0 Å². The van der Waals surface area contributed by atoms with Gasteiger partial charge in [0.25, 0.3) is 0 Å². The number of carbonyl (C=O) groups is 2. The summed E-state index contributed by atoms with van der Waals surface area (Å²) < 4.78 is 0. The second-order valence-corrected chi connectivity index (χ2v) is 6.24. The average Bonchev–Trinajstić information content (AvgIpc) is 3.33. The smallest absolute Gasteiger partial charge is 0.313 e. The number of benzene rings is 1. The molecule has 1 saturated heterocycles. The van der Waals surface area contributed by atoms with Crippen molar-refractivity contribution in [3.63, 3.8) is 0 Å². The normalized spacial score (nSPS) is 17.6. The van der Waals surface area contributed by atoms with Crippen LogP contribution in [0.15, 0.2) is 42.9 Å². The van der Waals surface area contributed by atoms with Gasteiger partial charge in [0.2, 0.25) is 0 Å². The number of hydrogen-bond donors (Lipinski definition) is 3. The number of hydrogen-bond acceptors (Lipinski definition) is 3. The van der Waals surface area contributed by atoms with Crippen LogP contribution in [-0.4, -0.2) is 38.4 Å². The molecule has 3 heterocycles. The van der Waals surface area contributed by atoms with Gasteiger partial charge in [-0.2, -0.15) is 5.10 Å². The van der Waals surface area contributed by atoms with Crippen LogP contribution in [0.3, 0.4) is 0 Å². The highest BCUT2D eigenvalue weighted by molar-refractivity contribution is 6.40. The Morgan fingerprint density at radius 1 is 1.24 bits per heavy atom. The number of anilines is 1. The molecule has 1 fully saturated rings. The van der Waals surface area contributed by atoms with E-state index in [1.807, 2.05) is 24.4 Å². The highest BCUT2D eigenvalue weighted by atomic mass is 16.2. The molecule has 1 aromatic carbocycles.